The van der Waals surface area contributed by atoms with Gasteiger partial charge in [0.05, 0.1) is 17.4 Å². The SMILES string of the molecule is Cn1ncnc1NC(=O)c1cc(Cl)ncc1N. The number of nitrogens with one attached hydrogen (secondary N) is 1. The van der Waals surface area contributed by atoms with Crippen molar-refractivity contribution in [3.05, 3.63) is 29.3 Å². The van der Waals surface area contributed by atoms with E-state index in [9.17, 15) is 4.79 Å². The first kappa shape index (κ1) is 11.3. The third kappa shape index (κ3) is 2.34. The molecule has 0 spiro atoms. The molecule has 1 amide bonds. The molecule has 2 rings (SSSR count). The lowest BCUT2D eigenvalue weighted by molar-refractivity contribution is 0.102. The first-order chi connectivity index (χ1) is 8.08. The molecule has 0 aliphatic rings. The molecule has 0 saturated heterocycles. The first-order valence-electron chi connectivity index (χ1n) is 4.64. The number of anilines is 2. The Labute approximate surface area is 102 Å². The van der Waals surface area contributed by atoms with Gasteiger partial charge in [0.2, 0.25) is 5.95 Å². The number of amides is 1. The van der Waals surface area contributed by atoms with Crippen molar-refractivity contribution in [1.82, 2.24) is 19.7 Å². The highest BCUT2D eigenvalue weighted by atomic mass is 35.5. The van der Waals surface area contributed by atoms with Gasteiger partial charge < -0.3 is 5.73 Å². The molecule has 8 heteroatoms. The Kier molecular flexibility index (Phi) is 2.92. The van der Waals surface area contributed by atoms with E-state index in [4.69, 9.17) is 17.3 Å². The summed E-state index contributed by atoms with van der Waals surface area (Å²) in [6.07, 6.45) is 2.66. The second-order valence-electron chi connectivity index (χ2n) is 3.26. The van der Waals surface area contributed by atoms with Gasteiger partial charge in [0.1, 0.15) is 11.5 Å². The van der Waals surface area contributed by atoms with Crippen LogP contribution < -0.4 is 11.1 Å². The van der Waals surface area contributed by atoms with Crippen LogP contribution in [0.5, 0.6) is 0 Å². The van der Waals surface area contributed by atoms with Crippen LogP contribution in [0.3, 0.4) is 0 Å². The molecule has 2 aromatic heterocycles. The zero-order chi connectivity index (χ0) is 12.4. The number of nitrogen functional groups attached to an aromatic ring is 1. The van der Waals surface area contributed by atoms with E-state index in [1.54, 1.807) is 7.05 Å². The summed E-state index contributed by atoms with van der Waals surface area (Å²) < 4.78 is 1.43. The smallest absolute Gasteiger partial charge is 0.260 e. The second-order valence-corrected chi connectivity index (χ2v) is 3.64. The standard InChI is InChI=1S/C9H9ClN6O/c1-16-9(13-4-14-16)15-8(17)5-2-7(10)12-3-6(5)11/h2-4H,11H2,1H3,(H,13,14,15,17). The van der Waals surface area contributed by atoms with Gasteiger partial charge in [-0.1, -0.05) is 11.6 Å². The van der Waals surface area contributed by atoms with Crippen LogP contribution in [0.15, 0.2) is 18.6 Å². The number of halogens is 1. The molecule has 0 bridgehead atoms. The van der Waals surface area contributed by atoms with Gasteiger partial charge in [-0.3, -0.25) is 10.1 Å². The summed E-state index contributed by atoms with van der Waals surface area (Å²) in [4.78, 5) is 19.5. The van der Waals surface area contributed by atoms with E-state index in [1.165, 1.54) is 23.3 Å². The number of rotatable bonds is 2. The maximum Gasteiger partial charge on any atom is 0.260 e. The van der Waals surface area contributed by atoms with Crippen molar-refractivity contribution in [3.8, 4) is 0 Å². The summed E-state index contributed by atoms with van der Waals surface area (Å²) in [5.74, 6) is -0.0924. The molecular formula is C9H9ClN6O. The van der Waals surface area contributed by atoms with Crippen molar-refractivity contribution in [2.24, 2.45) is 7.05 Å². The Morgan fingerprint density at radius 3 is 2.94 bits per heavy atom. The van der Waals surface area contributed by atoms with Crippen molar-refractivity contribution in [3.63, 3.8) is 0 Å². The summed E-state index contributed by atoms with van der Waals surface area (Å²) in [5, 5.41) is 6.58. The molecule has 0 saturated carbocycles. The molecule has 0 unspecified atom stereocenters. The molecule has 0 fully saturated rings. The van der Waals surface area contributed by atoms with Crippen LogP contribution in [0.4, 0.5) is 11.6 Å². The van der Waals surface area contributed by atoms with Crippen LogP contribution in [0.1, 0.15) is 10.4 Å². The highest BCUT2D eigenvalue weighted by Crippen LogP contribution is 2.16. The van der Waals surface area contributed by atoms with Gasteiger partial charge in [0, 0.05) is 7.05 Å². The molecular weight excluding hydrogens is 244 g/mol. The van der Waals surface area contributed by atoms with Crippen LogP contribution in [0, 0.1) is 0 Å². The Hall–Kier alpha value is -2.15. The highest BCUT2D eigenvalue weighted by molar-refractivity contribution is 6.30. The molecule has 0 atom stereocenters. The van der Waals surface area contributed by atoms with Crippen LogP contribution in [-0.4, -0.2) is 25.7 Å². The summed E-state index contributed by atoms with van der Waals surface area (Å²) >= 11 is 5.69. The molecule has 0 aromatic carbocycles. The van der Waals surface area contributed by atoms with E-state index >= 15 is 0 Å². The minimum atomic E-state index is -0.414. The largest absolute Gasteiger partial charge is 0.397 e. The molecule has 88 valence electrons. The van der Waals surface area contributed by atoms with E-state index in [2.05, 4.69) is 20.4 Å². The molecule has 3 N–H and O–H groups in total. The number of aryl methyl sites for hydroxylation is 1. The van der Waals surface area contributed by atoms with E-state index in [1.807, 2.05) is 0 Å². The summed E-state index contributed by atoms with van der Waals surface area (Å²) in [5.41, 5.74) is 6.12. The predicted molar refractivity (Wildman–Crippen MR) is 62.6 cm³/mol. The molecule has 0 radical (unpaired) electrons. The number of nitrogens with two attached hydrogens (primary N) is 1. The summed E-state index contributed by atoms with van der Waals surface area (Å²) in [6, 6.07) is 1.39. The Morgan fingerprint density at radius 1 is 1.53 bits per heavy atom. The number of carbonyl (C=O) groups excluding carboxylic acids is 1. The minimum Gasteiger partial charge on any atom is -0.397 e. The zero-order valence-corrected chi connectivity index (χ0v) is 9.64. The predicted octanol–water partition coefficient (Wildman–Crippen LogP) is 0.698. The lowest BCUT2D eigenvalue weighted by atomic mass is 10.2. The maximum atomic E-state index is 11.9. The van der Waals surface area contributed by atoms with E-state index < -0.39 is 5.91 Å². The third-order valence-electron chi connectivity index (χ3n) is 2.08. The van der Waals surface area contributed by atoms with Gasteiger partial charge >= 0.3 is 0 Å². The lowest BCUT2D eigenvalue weighted by Gasteiger charge is -2.06. The number of hydrogen-bond acceptors (Lipinski definition) is 5. The summed E-state index contributed by atoms with van der Waals surface area (Å²) in [7, 11) is 1.66. The molecule has 7 nitrogen and oxygen atoms in total. The van der Waals surface area contributed by atoms with Gasteiger partial charge in [-0.15, -0.1) is 0 Å². The van der Waals surface area contributed by atoms with Crippen LogP contribution in [0.2, 0.25) is 5.15 Å². The lowest BCUT2D eigenvalue weighted by Crippen LogP contribution is -2.17. The number of pyridine rings is 1. The fourth-order valence-corrected chi connectivity index (χ4v) is 1.37. The zero-order valence-electron chi connectivity index (χ0n) is 8.88. The van der Waals surface area contributed by atoms with Gasteiger partial charge in [-0.2, -0.15) is 10.1 Å². The number of aromatic nitrogens is 4. The fourth-order valence-electron chi connectivity index (χ4n) is 1.22. The normalized spacial score (nSPS) is 10.2. The highest BCUT2D eigenvalue weighted by Gasteiger charge is 2.13. The van der Waals surface area contributed by atoms with Crippen LogP contribution >= 0.6 is 11.6 Å². The van der Waals surface area contributed by atoms with Gasteiger partial charge in [0.25, 0.3) is 5.91 Å². The minimum absolute atomic E-state index is 0.197. The second kappa shape index (κ2) is 4.38. The number of nitrogens with zero attached hydrogens (tertiary/aromatic N) is 4. The average Bonchev–Trinajstić information content (AvgIpc) is 2.68. The monoisotopic (exact) mass is 252 g/mol. The fraction of sp³-hybridized carbons (Fsp3) is 0.111. The van der Waals surface area contributed by atoms with E-state index in [-0.39, 0.29) is 16.4 Å². The first-order valence-corrected chi connectivity index (χ1v) is 5.02. The third-order valence-corrected chi connectivity index (χ3v) is 2.29. The van der Waals surface area contributed by atoms with Gasteiger partial charge in [0.15, 0.2) is 0 Å². The van der Waals surface area contributed by atoms with Crippen molar-refractivity contribution in [2.75, 3.05) is 11.1 Å². The maximum absolute atomic E-state index is 11.9. The van der Waals surface area contributed by atoms with Crippen molar-refractivity contribution in [1.29, 1.82) is 0 Å². The quantitative estimate of drug-likeness (QED) is 0.767. The topological polar surface area (TPSA) is 98.7 Å². The van der Waals surface area contributed by atoms with Crippen molar-refractivity contribution >= 4 is 29.1 Å². The Morgan fingerprint density at radius 2 is 2.29 bits per heavy atom. The Balaban J connectivity index is 2.26. The molecule has 17 heavy (non-hydrogen) atoms. The number of hydrogen-bond donors (Lipinski definition) is 2. The van der Waals surface area contributed by atoms with Gasteiger partial charge in [-0.25, -0.2) is 9.67 Å². The number of carbonyl (C=O) groups is 1. The summed E-state index contributed by atoms with van der Waals surface area (Å²) in [6.45, 7) is 0. The Bertz CT molecular complexity index is 566. The average molecular weight is 253 g/mol. The molecule has 0 aliphatic carbocycles. The van der Waals surface area contributed by atoms with Crippen molar-refractivity contribution < 1.29 is 4.79 Å². The van der Waals surface area contributed by atoms with Crippen molar-refractivity contribution in [2.45, 2.75) is 0 Å². The molecule has 2 heterocycles. The van der Waals surface area contributed by atoms with Crippen LogP contribution in [-0.2, 0) is 7.05 Å². The van der Waals surface area contributed by atoms with Crippen LogP contribution in [0.25, 0.3) is 0 Å². The van der Waals surface area contributed by atoms with E-state index in [0.717, 1.165) is 0 Å². The van der Waals surface area contributed by atoms with E-state index in [0.29, 0.717) is 5.95 Å². The van der Waals surface area contributed by atoms with Gasteiger partial charge in [-0.05, 0) is 6.07 Å². The molecule has 0 aliphatic heterocycles. The molecule has 2 aromatic rings.